The van der Waals surface area contributed by atoms with Gasteiger partial charge in [-0.25, -0.2) is 0 Å². The van der Waals surface area contributed by atoms with Crippen LogP contribution in [0.2, 0.25) is 5.02 Å². The first-order valence-electron chi connectivity index (χ1n) is 10.5. The largest absolute Gasteiger partial charge is 0.357 e. The molecule has 1 atom stereocenters. The van der Waals surface area contributed by atoms with Gasteiger partial charge in [0.05, 0.1) is 5.69 Å². The van der Waals surface area contributed by atoms with Gasteiger partial charge in [-0.05, 0) is 41.6 Å². The standard InChI is InChI=1S/C25H24ClN3O3/c1-3-20(24(31)27-2)28(14-16-10-12-18(26)13-11-16)22(30)15-29-21-9-5-7-17-6-4-8-19(23(17)21)25(29)32/h4-13,20H,3,14-15H2,1-2H3,(H,27,31)/t20-/m1/s1. The molecule has 6 nitrogen and oxygen atoms in total. The summed E-state index contributed by atoms with van der Waals surface area (Å²) < 4.78 is 0. The van der Waals surface area contributed by atoms with Gasteiger partial charge >= 0.3 is 0 Å². The van der Waals surface area contributed by atoms with E-state index in [1.54, 1.807) is 30.1 Å². The van der Waals surface area contributed by atoms with Gasteiger partial charge in [0, 0.05) is 29.6 Å². The highest BCUT2D eigenvalue weighted by molar-refractivity contribution is 6.30. The molecule has 164 valence electrons. The average Bonchev–Trinajstić information content (AvgIpc) is 3.08. The van der Waals surface area contributed by atoms with Gasteiger partial charge < -0.3 is 10.2 Å². The Morgan fingerprint density at radius 2 is 1.75 bits per heavy atom. The normalized spacial score (nSPS) is 13.3. The Labute approximate surface area is 191 Å². The highest BCUT2D eigenvalue weighted by Gasteiger charge is 2.34. The molecule has 1 N–H and O–H groups in total. The highest BCUT2D eigenvalue weighted by Crippen LogP contribution is 2.37. The van der Waals surface area contributed by atoms with Gasteiger partial charge in [0.15, 0.2) is 0 Å². The minimum absolute atomic E-state index is 0.145. The Morgan fingerprint density at radius 1 is 1.06 bits per heavy atom. The Kier molecular flexibility index (Phi) is 6.15. The van der Waals surface area contributed by atoms with Crippen LogP contribution in [0.5, 0.6) is 0 Å². The quantitative estimate of drug-likeness (QED) is 0.592. The molecule has 0 radical (unpaired) electrons. The zero-order valence-corrected chi connectivity index (χ0v) is 18.7. The monoisotopic (exact) mass is 449 g/mol. The molecule has 1 aliphatic heterocycles. The van der Waals surface area contributed by atoms with E-state index >= 15 is 0 Å². The molecule has 32 heavy (non-hydrogen) atoms. The summed E-state index contributed by atoms with van der Waals surface area (Å²) in [6, 6.07) is 17.8. The van der Waals surface area contributed by atoms with Crippen LogP contribution in [-0.4, -0.2) is 42.3 Å². The molecular weight excluding hydrogens is 426 g/mol. The van der Waals surface area contributed by atoms with Crippen molar-refractivity contribution in [3.8, 4) is 0 Å². The van der Waals surface area contributed by atoms with Gasteiger partial charge in [-0.1, -0.05) is 54.9 Å². The Morgan fingerprint density at radius 3 is 2.41 bits per heavy atom. The molecule has 0 fully saturated rings. The second-order valence-electron chi connectivity index (χ2n) is 7.76. The van der Waals surface area contributed by atoms with Crippen LogP contribution in [0.25, 0.3) is 10.8 Å². The van der Waals surface area contributed by atoms with Crippen molar-refractivity contribution in [1.82, 2.24) is 10.2 Å². The second kappa shape index (κ2) is 9.01. The Bertz CT molecular complexity index is 1190. The molecule has 0 spiro atoms. The minimum atomic E-state index is -0.654. The number of carbonyl (C=O) groups is 3. The van der Waals surface area contributed by atoms with E-state index in [1.807, 2.05) is 49.4 Å². The third kappa shape index (κ3) is 3.94. The van der Waals surface area contributed by atoms with E-state index in [-0.39, 0.29) is 30.8 Å². The van der Waals surface area contributed by atoms with Crippen LogP contribution in [0, 0.1) is 0 Å². The maximum absolute atomic E-state index is 13.5. The fraction of sp³-hybridized carbons (Fsp3) is 0.240. The summed E-state index contributed by atoms with van der Waals surface area (Å²) in [6.45, 7) is 1.95. The number of likely N-dealkylation sites (N-methyl/N-ethyl adjacent to an activating group) is 1. The highest BCUT2D eigenvalue weighted by atomic mass is 35.5. The van der Waals surface area contributed by atoms with E-state index < -0.39 is 6.04 Å². The molecule has 0 saturated heterocycles. The van der Waals surface area contributed by atoms with Crippen molar-refractivity contribution in [1.29, 1.82) is 0 Å². The lowest BCUT2D eigenvalue weighted by atomic mass is 10.1. The SMILES string of the molecule is CC[C@H](C(=O)NC)N(Cc1ccc(Cl)cc1)C(=O)CN1C(=O)c2cccc3cccc1c23. The Balaban J connectivity index is 1.65. The molecule has 7 heteroatoms. The number of amides is 3. The summed E-state index contributed by atoms with van der Waals surface area (Å²) in [7, 11) is 1.55. The lowest BCUT2D eigenvalue weighted by molar-refractivity contribution is -0.140. The molecule has 0 unspecified atom stereocenters. The van der Waals surface area contributed by atoms with Crippen molar-refractivity contribution in [3.05, 3.63) is 76.8 Å². The molecule has 4 rings (SSSR count). The number of anilines is 1. The van der Waals surface area contributed by atoms with Crippen molar-refractivity contribution in [2.75, 3.05) is 18.5 Å². The lowest BCUT2D eigenvalue weighted by Gasteiger charge is -2.32. The van der Waals surface area contributed by atoms with Crippen LogP contribution in [-0.2, 0) is 16.1 Å². The van der Waals surface area contributed by atoms with Crippen molar-refractivity contribution < 1.29 is 14.4 Å². The zero-order valence-electron chi connectivity index (χ0n) is 18.0. The third-order valence-corrected chi connectivity index (χ3v) is 6.09. The van der Waals surface area contributed by atoms with E-state index in [2.05, 4.69) is 5.32 Å². The van der Waals surface area contributed by atoms with E-state index in [1.165, 1.54) is 4.90 Å². The van der Waals surface area contributed by atoms with Gasteiger partial charge in [-0.15, -0.1) is 0 Å². The number of hydrogen-bond acceptors (Lipinski definition) is 3. The van der Waals surface area contributed by atoms with Gasteiger partial charge in [0.1, 0.15) is 12.6 Å². The lowest BCUT2D eigenvalue weighted by Crippen LogP contribution is -2.51. The maximum Gasteiger partial charge on any atom is 0.259 e. The zero-order chi connectivity index (χ0) is 22.8. The van der Waals surface area contributed by atoms with Crippen LogP contribution in [0.15, 0.2) is 60.7 Å². The predicted molar refractivity (Wildman–Crippen MR) is 126 cm³/mol. The minimum Gasteiger partial charge on any atom is -0.357 e. The first-order chi connectivity index (χ1) is 15.4. The molecule has 0 saturated carbocycles. The summed E-state index contributed by atoms with van der Waals surface area (Å²) >= 11 is 6.00. The number of carbonyl (C=O) groups excluding carboxylic acids is 3. The number of rotatable bonds is 7. The fourth-order valence-corrected chi connectivity index (χ4v) is 4.36. The molecule has 0 aromatic heterocycles. The second-order valence-corrected chi connectivity index (χ2v) is 8.19. The Hall–Kier alpha value is -3.38. The number of benzene rings is 3. The summed E-state index contributed by atoms with van der Waals surface area (Å²) in [5.41, 5.74) is 2.16. The molecule has 1 heterocycles. The van der Waals surface area contributed by atoms with E-state index in [4.69, 9.17) is 11.6 Å². The van der Waals surface area contributed by atoms with Gasteiger partial charge in [-0.2, -0.15) is 0 Å². The van der Waals surface area contributed by atoms with Gasteiger partial charge in [0.2, 0.25) is 11.8 Å². The molecule has 1 aliphatic rings. The van der Waals surface area contributed by atoms with Gasteiger partial charge in [0.25, 0.3) is 5.91 Å². The topological polar surface area (TPSA) is 69.7 Å². The van der Waals surface area contributed by atoms with Crippen LogP contribution in [0.4, 0.5) is 5.69 Å². The number of hydrogen-bond donors (Lipinski definition) is 1. The third-order valence-electron chi connectivity index (χ3n) is 5.84. The number of halogens is 1. The van der Waals surface area contributed by atoms with Crippen molar-refractivity contribution >= 4 is 45.8 Å². The smallest absolute Gasteiger partial charge is 0.259 e. The molecule has 3 amide bonds. The molecule has 0 aliphatic carbocycles. The van der Waals surface area contributed by atoms with Crippen LogP contribution in [0.3, 0.4) is 0 Å². The van der Waals surface area contributed by atoms with Crippen LogP contribution in [0.1, 0.15) is 29.3 Å². The molecular formula is C25H24ClN3O3. The maximum atomic E-state index is 13.5. The molecule has 3 aromatic carbocycles. The molecule has 0 bridgehead atoms. The van der Waals surface area contributed by atoms with E-state index in [0.29, 0.717) is 17.0 Å². The van der Waals surface area contributed by atoms with Crippen molar-refractivity contribution in [2.45, 2.75) is 25.9 Å². The van der Waals surface area contributed by atoms with Crippen LogP contribution < -0.4 is 10.2 Å². The van der Waals surface area contributed by atoms with E-state index in [9.17, 15) is 14.4 Å². The fourth-order valence-electron chi connectivity index (χ4n) is 4.23. The predicted octanol–water partition coefficient (Wildman–Crippen LogP) is 4.01. The number of nitrogens with one attached hydrogen (secondary N) is 1. The number of nitrogens with zero attached hydrogens (tertiary/aromatic N) is 2. The van der Waals surface area contributed by atoms with E-state index in [0.717, 1.165) is 22.0 Å². The van der Waals surface area contributed by atoms with Crippen molar-refractivity contribution in [3.63, 3.8) is 0 Å². The summed E-state index contributed by atoms with van der Waals surface area (Å²) in [6.07, 6.45) is 0.447. The molecule has 3 aromatic rings. The van der Waals surface area contributed by atoms with Crippen molar-refractivity contribution in [2.24, 2.45) is 0 Å². The summed E-state index contributed by atoms with van der Waals surface area (Å²) in [5.74, 6) is -0.744. The summed E-state index contributed by atoms with van der Waals surface area (Å²) in [4.78, 5) is 42.3. The van der Waals surface area contributed by atoms with Gasteiger partial charge in [-0.3, -0.25) is 19.3 Å². The first kappa shape index (κ1) is 21.8. The summed E-state index contributed by atoms with van der Waals surface area (Å²) in [5, 5.41) is 5.05. The average molecular weight is 450 g/mol. The van der Waals surface area contributed by atoms with Crippen LogP contribution >= 0.6 is 11.6 Å². The first-order valence-corrected chi connectivity index (χ1v) is 10.9.